The van der Waals surface area contributed by atoms with Crippen LogP contribution in [-0.4, -0.2) is 42.1 Å². The molecule has 1 rings (SSSR count). The highest BCUT2D eigenvalue weighted by Crippen LogP contribution is 2.07. The molecule has 0 heterocycles. The summed E-state index contributed by atoms with van der Waals surface area (Å²) in [7, 11) is 1.70. The van der Waals surface area contributed by atoms with E-state index < -0.39 is 5.97 Å². The average Bonchev–Trinajstić information content (AvgIpc) is 2.44. The van der Waals surface area contributed by atoms with E-state index in [-0.39, 0.29) is 18.1 Å². The van der Waals surface area contributed by atoms with Gasteiger partial charge in [0.1, 0.15) is 6.61 Å². The Morgan fingerprint density at radius 2 is 1.90 bits per heavy atom. The first kappa shape index (κ1) is 16.2. The van der Waals surface area contributed by atoms with Crippen LogP contribution in [0.25, 0.3) is 0 Å². The molecular formula is C15H21NO4. The van der Waals surface area contributed by atoms with Gasteiger partial charge in [0.15, 0.2) is 0 Å². The minimum Gasteiger partial charge on any atom is -0.478 e. The number of hydrogen-bond donors (Lipinski definition) is 1. The highest BCUT2D eigenvalue weighted by molar-refractivity contribution is 5.87. The van der Waals surface area contributed by atoms with Crippen LogP contribution in [-0.2, 0) is 16.1 Å². The molecule has 0 aromatic heterocycles. The van der Waals surface area contributed by atoms with E-state index in [1.54, 1.807) is 24.1 Å². The molecule has 0 spiro atoms. The topological polar surface area (TPSA) is 66.8 Å². The third-order valence-electron chi connectivity index (χ3n) is 2.91. The molecule has 0 atom stereocenters. The van der Waals surface area contributed by atoms with Crippen LogP contribution < -0.4 is 0 Å². The van der Waals surface area contributed by atoms with Gasteiger partial charge in [0.25, 0.3) is 0 Å². The molecule has 0 unspecified atom stereocenters. The molecule has 110 valence electrons. The van der Waals surface area contributed by atoms with Crippen molar-refractivity contribution in [2.45, 2.75) is 26.3 Å². The lowest BCUT2D eigenvalue weighted by Gasteiger charge is -2.17. The number of carbonyl (C=O) groups excluding carboxylic acids is 1. The van der Waals surface area contributed by atoms with Crippen molar-refractivity contribution in [2.75, 3.05) is 20.3 Å². The number of nitrogens with zero attached hydrogens (tertiary/aromatic N) is 1. The average molecular weight is 279 g/mol. The molecule has 5 heteroatoms. The first-order chi connectivity index (χ1) is 9.54. The van der Waals surface area contributed by atoms with E-state index in [9.17, 15) is 9.59 Å². The number of unbranched alkanes of at least 4 members (excludes halogenated alkanes) is 1. The number of benzene rings is 1. The summed E-state index contributed by atoms with van der Waals surface area (Å²) in [6, 6.07) is 6.50. The second kappa shape index (κ2) is 8.32. The maximum absolute atomic E-state index is 11.8. The van der Waals surface area contributed by atoms with Crippen LogP contribution >= 0.6 is 0 Å². The van der Waals surface area contributed by atoms with Crippen molar-refractivity contribution in [3.05, 3.63) is 35.4 Å². The third kappa shape index (κ3) is 5.40. The lowest BCUT2D eigenvalue weighted by molar-refractivity contribution is -0.135. The largest absolute Gasteiger partial charge is 0.478 e. The molecule has 0 saturated carbocycles. The van der Waals surface area contributed by atoms with Gasteiger partial charge in [0, 0.05) is 20.2 Å². The van der Waals surface area contributed by atoms with Crippen molar-refractivity contribution < 1.29 is 19.4 Å². The van der Waals surface area contributed by atoms with Gasteiger partial charge in [-0.2, -0.15) is 0 Å². The second-order valence-corrected chi connectivity index (χ2v) is 4.66. The molecule has 1 aromatic rings. The Bertz CT molecular complexity index is 442. The summed E-state index contributed by atoms with van der Waals surface area (Å²) in [6.45, 7) is 3.20. The number of carbonyl (C=O) groups is 2. The molecule has 0 aliphatic carbocycles. The molecule has 5 nitrogen and oxygen atoms in total. The highest BCUT2D eigenvalue weighted by atomic mass is 16.5. The summed E-state index contributed by atoms with van der Waals surface area (Å²) in [4.78, 5) is 24.1. The van der Waals surface area contributed by atoms with Crippen LogP contribution in [0.15, 0.2) is 24.3 Å². The lowest BCUT2D eigenvalue weighted by Crippen LogP contribution is -2.30. The molecular weight excluding hydrogens is 258 g/mol. The third-order valence-corrected chi connectivity index (χ3v) is 2.91. The number of amides is 1. The first-order valence-corrected chi connectivity index (χ1v) is 6.68. The monoisotopic (exact) mass is 279 g/mol. The van der Waals surface area contributed by atoms with Gasteiger partial charge >= 0.3 is 5.97 Å². The van der Waals surface area contributed by atoms with Crippen LogP contribution in [0, 0.1) is 0 Å². The Hall–Kier alpha value is -1.88. The molecule has 0 aliphatic heterocycles. The number of rotatable bonds is 8. The zero-order valence-electron chi connectivity index (χ0n) is 12.0. The summed E-state index contributed by atoms with van der Waals surface area (Å²) >= 11 is 0. The van der Waals surface area contributed by atoms with E-state index in [2.05, 4.69) is 6.92 Å². The van der Waals surface area contributed by atoms with Gasteiger partial charge < -0.3 is 14.7 Å². The van der Waals surface area contributed by atoms with Gasteiger partial charge in [0.2, 0.25) is 5.91 Å². The summed E-state index contributed by atoms with van der Waals surface area (Å²) in [5.41, 5.74) is 1.13. The van der Waals surface area contributed by atoms with Crippen LogP contribution in [0.2, 0.25) is 0 Å². The molecule has 20 heavy (non-hydrogen) atoms. The number of hydrogen-bond acceptors (Lipinski definition) is 3. The van der Waals surface area contributed by atoms with Crippen LogP contribution in [0.4, 0.5) is 0 Å². The van der Waals surface area contributed by atoms with E-state index in [0.29, 0.717) is 13.2 Å². The Morgan fingerprint density at radius 3 is 2.45 bits per heavy atom. The van der Waals surface area contributed by atoms with Gasteiger partial charge in [-0.3, -0.25) is 4.79 Å². The number of ether oxygens (including phenoxy) is 1. The van der Waals surface area contributed by atoms with Crippen molar-refractivity contribution >= 4 is 11.9 Å². The zero-order valence-corrected chi connectivity index (χ0v) is 12.0. The Kier molecular flexibility index (Phi) is 6.73. The van der Waals surface area contributed by atoms with Crippen molar-refractivity contribution in [3.63, 3.8) is 0 Å². The van der Waals surface area contributed by atoms with Gasteiger partial charge in [-0.05, 0) is 24.1 Å². The van der Waals surface area contributed by atoms with Gasteiger partial charge in [-0.15, -0.1) is 0 Å². The summed E-state index contributed by atoms with van der Waals surface area (Å²) in [6.07, 6.45) is 1.99. The highest BCUT2D eigenvalue weighted by Gasteiger charge is 2.10. The lowest BCUT2D eigenvalue weighted by atomic mass is 10.1. The molecule has 0 radical (unpaired) electrons. The molecule has 1 aromatic carbocycles. The van der Waals surface area contributed by atoms with Crippen molar-refractivity contribution in [2.24, 2.45) is 0 Å². The number of aromatic carboxylic acids is 1. The second-order valence-electron chi connectivity index (χ2n) is 4.66. The Balaban J connectivity index is 2.42. The van der Waals surface area contributed by atoms with Crippen molar-refractivity contribution in [1.29, 1.82) is 0 Å². The molecule has 0 fully saturated rings. The van der Waals surface area contributed by atoms with E-state index >= 15 is 0 Å². The van der Waals surface area contributed by atoms with E-state index in [0.717, 1.165) is 18.4 Å². The summed E-state index contributed by atoms with van der Waals surface area (Å²) < 4.78 is 5.28. The standard InChI is InChI=1S/C15H21NO4/c1-3-4-9-20-11-14(17)16(2)10-12-5-7-13(8-6-12)15(18)19/h5-8H,3-4,9-11H2,1-2H3,(H,18,19). The normalized spacial score (nSPS) is 10.3. The molecule has 0 aliphatic rings. The SMILES string of the molecule is CCCCOCC(=O)N(C)Cc1ccc(C(=O)O)cc1. The fraction of sp³-hybridized carbons (Fsp3) is 0.467. The van der Waals surface area contributed by atoms with Crippen LogP contribution in [0.5, 0.6) is 0 Å². The predicted octanol–water partition coefficient (Wildman–Crippen LogP) is 2.16. The summed E-state index contributed by atoms with van der Waals surface area (Å²) in [5, 5.41) is 8.81. The van der Waals surface area contributed by atoms with E-state index in [1.807, 2.05) is 0 Å². The van der Waals surface area contributed by atoms with Crippen molar-refractivity contribution in [3.8, 4) is 0 Å². The Labute approximate surface area is 119 Å². The predicted molar refractivity (Wildman–Crippen MR) is 75.6 cm³/mol. The smallest absolute Gasteiger partial charge is 0.335 e. The van der Waals surface area contributed by atoms with E-state index in [4.69, 9.17) is 9.84 Å². The molecule has 0 bridgehead atoms. The summed E-state index contributed by atoms with van der Waals surface area (Å²) in [5.74, 6) is -1.03. The van der Waals surface area contributed by atoms with Crippen molar-refractivity contribution in [1.82, 2.24) is 4.90 Å². The molecule has 0 saturated heterocycles. The van der Waals surface area contributed by atoms with Gasteiger partial charge in [0.05, 0.1) is 5.56 Å². The van der Waals surface area contributed by atoms with Gasteiger partial charge in [-0.1, -0.05) is 25.5 Å². The fourth-order valence-electron chi connectivity index (χ4n) is 1.63. The minimum absolute atomic E-state index is 0.0802. The number of carboxylic acid groups (broad SMARTS) is 1. The fourth-order valence-corrected chi connectivity index (χ4v) is 1.63. The van der Waals surface area contributed by atoms with Gasteiger partial charge in [-0.25, -0.2) is 4.79 Å². The quantitative estimate of drug-likeness (QED) is 0.740. The Morgan fingerprint density at radius 1 is 1.25 bits per heavy atom. The molecule has 1 N–H and O–H groups in total. The zero-order chi connectivity index (χ0) is 15.0. The number of carboxylic acids is 1. The van der Waals surface area contributed by atoms with E-state index in [1.165, 1.54) is 12.1 Å². The number of likely N-dealkylation sites (N-methyl/N-ethyl adjacent to an activating group) is 1. The maximum Gasteiger partial charge on any atom is 0.335 e. The van der Waals surface area contributed by atoms with Crippen LogP contribution in [0.3, 0.4) is 0 Å². The molecule has 1 amide bonds. The maximum atomic E-state index is 11.8. The van der Waals surface area contributed by atoms with Crippen LogP contribution in [0.1, 0.15) is 35.7 Å². The minimum atomic E-state index is -0.953. The first-order valence-electron chi connectivity index (χ1n) is 6.68.